The molecule has 3 rings (SSSR count). The molecular formula is C18H24N4O3. The zero-order valence-electron chi connectivity index (χ0n) is 14.9. The Morgan fingerprint density at radius 1 is 1.28 bits per heavy atom. The Kier molecular flexibility index (Phi) is 5.23. The summed E-state index contributed by atoms with van der Waals surface area (Å²) in [5.41, 5.74) is 2.51. The molecule has 7 heteroatoms. The van der Waals surface area contributed by atoms with Crippen LogP contribution in [-0.4, -0.2) is 49.3 Å². The zero-order chi connectivity index (χ0) is 17.8. The third-order valence-electron chi connectivity index (χ3n) is 4.37. The van der Waals surface area contributed by atoms with E-state index in [1.54, 1.807) is 18.2 Å². The van der Waals surface area contributed by atoms with Crippen LogP contribution in [0.2, 0.25) is 0 Å². The Labute approximate surface area is 147 Å². The summed E-state index contributed by atoms with van der Waals surface area (Å²) < 4.78 is 10.6. The number of morpholine rings is 1. The molecule has 25 heavy (non-hydrogen) atoms. The van der Waals surface area contributed by atoms with Gasteiger partial charge in [0.25, 0.3) is 0 Å². The van der Waals surface area contributed by atoms with Crippen LogP contribution in [0.5, 0.6) is 0 Å². The number of aryl methyl sites for hydroxylation is 2. The van der Waals surface area contributed by atoms with Gasteiger partial charge in [0, 0.05) is 25.7 Å². The highest BCUT2D eigenvalue weighted by Gasteiger charge is 2.16. The number of urea groups is 1. The number of furan rings is 1. The lowest BCUT2D eigenvalue weighted by Gasteiger charge is -2.28. The number of ether oxygens (including phenoxy) is 1. The van der Waals surface area contributed by atoms with Crippen molar-refractivity contribution in [1.82, 2.24) is 9.88 Å². The molecule has 0 radical (unpaired) electrons. The molecule has 0 saturated carbocycles. The van der Waals surface area contributed by atoms with E-state index >= 15 is 0 Å². The largest absolute Gasteiger partial charge is 0.469 e. The van der Waals surface area contributed by atoms with E-state index < -0.39 is 0 Å². The maximum Gasteiger partial charge on any atom is 0.321 e. The number of rotatable bonds is 4. The summed E-state index contributed by atoms with van der Waals surface area (Å²) in [7, 11) is 1.76. The molecule has 7 nitrogen and oxygen atoms in total. The lowest BCUT2D eigenvalue weighted by molar-refractivity contribution is 0.122. The van der Waals surface area contributed by atoms with Crippen molar-refractivity contribution in [2.45, 2.75) is 20.4 Å². The number of amides is 2. The van der Waals surface area contributed by atoms with E-state index in [1.807, 2.05) is 32.0 Å². The number of anilines is 2. The van der Waals surface area contributed by atoms with Gasteiger partial charge in [-0.15, -0.1) is 0 Å². The van der Waals surface area contributed by atoms with Crippen LogP contribution in [0.25, 0.3) is 0 Å². The first-order chi connectivity index (χ1) is 12.0. The predicted octanol–water partition coefficient (Wildman–Crippen LogP) is 2.79. The van der Waals surface area contributed by atoms with Crippen LogP contribution in [0.4, 0.5) is 16.3 Å². The van der Waals surface area contributed by atoms with Gasteiger partial charge in [-0.2, -0.15) is 0 Å². The molecule has 1 aliphatic heterocycles. The second kappa shape index (κ2) is 7.57. The molecule has 0 bridgehead atoms. The second-order valence-corrected chi connectivity index (χ2v) is 6.19. The Morgan fingerprint density at radius 3 is 2.68 bits per heavy atom. The molecule has 1 aliphatic rings. The number of carbonyl (C=O) groups is 1. The van der Waals surface area contributed by atoms with Crippen molar-refractivity contribution in [2.75, 3.05) is 43.6 Å². The van der Waals surface area contributed by atoms with Gasteiger partial charge in [0.1, 0.15) is 11.6 Å². The Balaban J connectivity index is 1.63. The van der Waals surface area contributed by atoms with Gasteiger partial charge in [-0.05, 0) is 32.0 Å². The number of nitrogens with one attached hydrogen (secondary N) is 1. The summed E-state index contributed by atoms with van der Waals surface area (Å²) in [6.45, 7) is 7.40. The van der Waals surface area contributed by atoms with Crippen molar-refractivity contribution in [1.29, 1.82) is 0 Å². The maximum atomic E-state index is 12.4. The smallest absolute Gasteiger partial charge is 0.321 e. The van der Waals surface area contributed by atoms with Crippen LogP contribution >= 0.6 is 0 Å². The van der Waals surface area contributed by atoms with Crippen LogP contribution in [-0.2, 0) is 11.3 Å². The molecule has 0 atom stereocenters. The SMILES string of the molecule is Cc1nc(N2CCOCC2)ccc1NC(=O)N(C)Cc1ccoc1C. The van der Waals surface area contributed by atoms with E-state index in [1.165, 1.54) is 0 Å². The number of pyridine rings is 1. The van der Waals surface area contributed by atoms with E-state index in [4.69, 9.17) is 9.15 Å². The highest BCUT2D eigenvalue weighted by atomic mass is 16.5. The fourth-order valence-corrected chi connectivity index (χ4v) is 2.76. The minimum Gasteiger partial charge on any atom is -0.469 e. The molecule has 0 aromatic carbocycles. The Morgan fingerprint density at radius 2 is 2.04 bits per heavy atom. The summed E-state index contributed by atoms with van der Waals surface area (Å²) >= 11 is 0. The fraction of sp³-hybridized carbons (Fsp3) is 0.444. The van der Waals surface area contributed by atoms with Crippen molar-refractivity contribution in [3.63, 3.8) is 0 Å². The summed E-state index contributed by atoms with van der Waals surface area (Å²) in [5, 5.41) is 2.92. The van der Waals surface area contributed by atoms with Gasteiger partial charge >= 0.3 is 6.03 Å². The summed E-state index contributed by atoms with van der Waals surface area (Å²) in [5.74, 6) is 1.74. The first-order valence-electron chi connectivity index (χ1n) is 8.40. The molecule has 0 aliphatic carbocycles. The topological polar surface area (TPSA) is 70.8 Å². The van der Waals surface area contributed by atoms with Crippen LogP contribution < -0.4 is 10.2 Å². The molecule has 0 spiro atoms. The molecule has 1 saturated heterocycles. The Bertz CT molecular complexity index is 738. The van der Waals surface area contributed by atoms with Crippen molar-refractivity contribution in [3.8, 4) is 0 Å². The average Bonchev–Trinajstić information content (AvgIpc) is 3.02. The average molecular weight is 344 g/mol. The summed E-state index contributed by atoms with van der Waals surface area (Å²) in [6.07, 6.45) is 1.63. The van der Waals surface area contributed by atoms with E-state index in [2.05, 4.69) is 15.2 Å². The summed E-state index contributed by atoms with van der Waals surface area (Å²) in [6, 6.07) is 5.55. The van der Waals surface area contributed by atoms with E-state index in [0.29, 0.717) is 6.54 Å². The molecule has 134 valence electrons. The molecule has 2 aromatic heterocycles. The minimum absolute atomic E-state index is 0.176. The number of hydrogen-bond acceptors (Lipinski definition) is 5. The van der Waals surface area contributed by atoms with Gasteiger partial charge in [-0.1, -0.05) is 0 Å². The van der Waals surface area contributed by atoms with Crippen molar-refractivity contribution in [2.24, 2.45) is 0 Å². The van der Waals surface area contributed by atoms with Gasteiger partial charge in [0.15, 0.2) is 0 Å². The summed E-state index contributed by atoms with van der Waals surface area (Å²) in [4.78, 5) is 20.8. The third-order valence-corrected chi connectivity index (χ3v) is 4.37. The minimum atomic E-state index is -0.176. The number of hydrogen-bond donors (Lipinski definition) is 1. The molecular weight excluding hydrogens is 320 g/mol. The highest BCUT2D eigenvalue weighted by molar-refractivity contribution is 5.89. The number of aromatic nitrogens is 1. The quantitative estimate of drug-likeness (QED) is 0.923. The van der Waals surface area contributed by atoms with Gasteiger partial charge in [0.2, 0.25) is 0 Å². The van der Waals surface area contributed by atoms with Crippen molar-refractivity contribution in [3.05, 3.63) is 41.5 Å². The van der Waals surface area contributed by atoms with Crippen molar-refractivity contribution < 1.29 is 13.9 Å². The van der Waals surface area contributed by atoms with Gasteiger partial charge < -0.3 is 24.3 Å². The Hall–Kier alpha value is -2.54. The van der Waals surface area contributed by atoms with Crippen LogP contribution in [0.15, 0.2) is 28.9 Å². The van der Waals surface area contributed by atoms with Gasteiger partial charge in [0.05, 0.1) is 37.4 Å². The lowest BCUT2D eigenvalue weighted by atomic mass is 10.2. The monoisotopic (exact) mass is 344 g/mol. The lowest BCUT2D eigenvalue weighted by Crippen LogP contribution is -2.37. The first kappa shape index (κ1) is 17.3. The van der Waals surface area contributed by atoms with E-state index in [9.17, 15) is 4.79 Å². The van der Waals surface area contributed by atoms with Crippen LogP contribution in [0, 0.1) is 13.8 Å². The predicted molar refractivity (Wildman–Crippen MR) is 95.9 cm³/mol. The normalized spacial score (nSPS) is 14.4. The zero-order valence-corrected chi connectivity index (χ0v) is 14.9. The number of carbonyl (C=O) groups excluding carboxylic acids is 1. The van der Waals surface area contributed by atoms with E-state index in [0.717, 1.165) is 54.8 Å². The van der Waals surface area contributed by atoms with Crippen LogP contribution in [0.3, 0.4) is 0 Å². The maximum absolute atomic E-state index is 12.4. The second-order valence-electron chi connectivity index (χ2n) is 6.19. The first-order valence-corrected chi connectivity index (χ1v) is 8.40. The highest BCUT2D eigenvalue weighted by Crippen LogP contribution is 2.20. The van der Waals surface area contributed by atoms with E-state index in [-0.39, 0.29) is 6.03 Å². The van der Waals surface area contributed by atoms with Gasteiger partial charge in [-0.3, -0.25) is 0 Å². The fourth-order valence-electron chi connectivity index (χ4n) is 2.76. The standard InChI is InChI=1S/C18H24N4O3/c1-13-16(4-5-17(19-13)22-7-10-24-11-8-22)20-18(23)21(3)12-15-6-9-25-14(15)2/h4-6,9H,7-8,10-12H2,1-3H3,(H,20,23). The molecule has 0 unspecified atom stereocenters. The molecule has 2 aromatic rings. The third kappa shape index (κ3) is 4.11. The number of nitrogens with zero attached hydrogens (tertiary/aromatic N) is 3. The molecule has 2 amide bonds. The molecule has 1 N–H and O–H groups in total. The van der Waals surface area contributed by atoms with Crippen LogP contribution in [0.1, 0.15) is 17.0 Å². The molecule has 3 heterocycles. The molecule has 1 fully saturated rings. The van der Waals surface area contributed by atoms with Crippen molar-refractivity contribution >= 4 is 17.5 Å². The van der Waals surface area contributed by atoms with Gasteiger partial charge in [-0.25, -0.2) is 9.78 Å².